The van der Waals surface area contributed by atoms with Gasteiger partial charge >= 0.3 is 5.97 Å². The number of thioether (sulfide) groups is 1. The summed E-state index contributed by atoms with van der Waals surface area (Å²) in [4.78, 5) is 23.4. The number of esters is 1. The number of hydrogen-bond acceptors (Lipinski definition) is 8. The Bertz CT molecular complexity index is 974. The highest BCUT2D eigenvalue weighted by molar-refractivity contribution is 7.98. The number of aromatic nitrogens is 2. The first kappa shape index (κ1) is 18.6. The maximum absolute atomic E-state index is 12.3. The third kappa shape index (κ3) is 4.14. The van der Waals surface area contributed by atoms with Gasteiger partial charge < -0.3 is 9.15 Å². The van der Waals surface area contributed by atoms with Gasteiger partial charge in [-0.05, 0) is 37.4 Å². The van der Waals surface area contributed by atoms with E-state index in [1.807, 2.05) is 30.3 Å². The molecule has 0 amide bonds. The third-order valence-corrected chi connectivity index (χ3v) is 4.49. The van der Waals surface area contributed by atoms with E-state index in [0.29, 0.717) is 10.8 Å². The van der Waals surface area contributed by atoms with E-state index in [4.69, 9.17) is 9.15 Å². The third-order valence-electron chi connectivity index (χ3n) is 3.70. The molecule has 0 aliphatic rings. The first-order valence-electron chi connectivity index (χ1n) is 7.92. The van der Waals surface area contributed by atoms with E-state index in [9.17, 15) is 14.9 Å². The van der Waals surface area contributed by atoms with Crippen molar-refractivity contribution in [3.05, 3.63) is 70.1 Å². The predicted octanol–water partition coefficient (Wildman–Crippen LogP) is 4.28. The second-order valence-electron chi connectivity index (χ2n) is 5.50. The Morgan fingerprint density at radius 1 is 1.22 bits per heavy atom. The standard InChI is InChI=1S/C18H15N3O5S/c1-11(16-19-20-17(26-16)12-6-4-3-5-7-12)25-18(22)13-8-9-15(27-2)14(10-13)21(23)24/h3-11H,1-2H3/t11-/m0/s1. The van der Waals surface area contributed by atoms with Crippen LogP contribution in [0.25, 0.3) is 11.5 Å². The molecule has 1 aromatic heterocycles. The molecule has 9 heteroatoms. The van der Waals surface area contributed by atoms with E-state index in [1.54, 1.807) is 13.2 Å². The van der Waals surface area contributed by atoms with Crippen LogP contribution in [0, 0.1) is 10.1 Å². The van der Waals surface area contributed by atoms with Crippen LogP contribution in [0.3, 0.4) is 0 Å². The van der Waals surface area contributed by atoms with Crippen LogP contribution in [0.4, 0.5) is 5.69 Å². The predicted molar refractivity (Wildman–Crippen MR) is 98.4 cm³/mol. The van der Waals surface area contributed by atoms with Crippen LogP contribution in [-0.4, -0.2) is 27.3 Å². The molecule has 1 heterocycles. The summed E-state index contributed by atoms with van der Waals surface area (Å²) in [6, 6.07) is 13.4. The lowest BCUT2D eigenvalue weighted by molar-refractivity contribution is -0.387. The molecule has 138 valence electrons. The Kier molecular flexibility index (Phi) is 5.51. The lowest BCUT2D eigenvalue weighted by Gasteiger charge is -2.10. The molecule has 0 N–H and O–H groups in total. The number of nitro groups is 1. The van der Waals surface area contributed by atoms with Crippen LogP contribution in [0.15, 0.2) is 57.8 Å². The number of rotatable bonds is 6. The topological polar surface area (TPSA) is 108 Å². The summed E-state index contributed by atoms with van der Waals surface area (Å²) in [5.74, 6) is -0.261. The van der Waals surface area contributed by atoms with Crippen LogP contribution in [0.1, 0.15) is 29.3 Å². The molecule has 0 saturated carbocycles. The molecule has 0 aliphatic carbocycles. The molecule has 0 aliphatic heterocycles. The van der Waals surface area contributed by atoms with Crippen molar-refractivity contribution in [1.82, 2.24) is 10.2 Å². The molecule has 0 radical (unpaired) electrons. The Labute approximate surface area is 158 Å². The summed E-state index contributed by atoms with van der Waals surface area (Å²) in [7, 11) is 0. The summed E-state index contributed by atoms with van der Waals surface area (Å²) in [5, 5.41) is 19.0. The summed E-state index contributed by atoms with van der Waals surface area (Å²) in [5.41, 5.74) is 0.681. The van der Waals surface area contributed by atoms with Gasteiger partial charge in [-0.2, -0.15) is 0 Å². The Balaban J connectivity index is 1.75. The van der Waals surface area contributed by atoms with Crippen LogP contribution in [-0.2, 0) is 4.74 Å². The summed E-state index contributed by atoms with van der Waals surface area (Å²) < 4.78 is 10.9. The second kappa shape index (κ2) is 8.00. The highest BCUT2D eigenvalue weighted by Gasteiger charge is 2.22. The highest BCUT2D eigenvalue weighted by Crippen LogP contribution is 2.29. The van der Waals surface area contributed by atoms with Crippen LogP contribution in [0.2, 0.25) is 0 Å². The average Bonchev–Trinajstić information content (AvgIpc) is 3.18. The van der Waals surface area contributed by atoms with Crippen molar-refractivity contribution in [2.75, 3.05) is 6.26 Å². The van der Waals surface area contributed by atoms with E-state index in [2.05, 4.69) is 10.2 Å². The van der Waals surface area contributed by atoms with Gasteiger partial charge in [0.25, 0.3) is 11.6 Å². The van der Waals surface area contributed by atoms with Gasteiger partial charge in [0.15, 0.2) is 6.10 Å². The number of nitrogens with zero attached hydrogens (tertiary/aromatic N) is 3. The fourth-order valence-corrected chi connectivity index (χ4v) is 2.88. The summed E-state index contributed by atoms with van der Waals surface area (Å²) in [6.07, 6.45) is 0.921. The van der Waals surface area contributed by atoms with Crippen molar-refractivity contribution in [3.63, 3.8) is 0 Å². The minimum absolute atomic E-state index is 0.0779. The largest absolute Gasteiger partial charge is 0.449 e. The number of carbonyl (C=O) groups excluding carboxylic acids is 1. The van der Waals surface area contributed by atoms with Crippen LogP contribution in [0.5, 0.6) is 0 Å². The molecule has 0 fully saturated rings. The normalized spacial score (nSPS) is 11.8. The van der Waals surface area contributed by atoms with E-state index >= 15 is 0 Å². The van der Waals surface area contributed by atoms with Gasteiger partial charge in [0.05, 0.1) is 15.4 Å². The van der Waals surface area contributed by atoms with E-state index in [0.717, 1.165) is 5.56 Å². The van der Waals surface area contributed by atoms with E-state index in [1.165, 1.54) is 30.0 Å². The summed E-state index contributed by atoms with van der Waals surface area (Å²) in [6.45, 7) is 1.59. The number of nitro benzene ring substituents is 1. The van der Waals surface area contributed by atoms with Crippen molar-refractivity contribution >= 4 is 23.4 Å². The quantitative estimate of drug-likeness (QED) is 0.268. The molecular weight excluding hydrogens is 370 g/mol. The summed E-state index contributed by atoms with van der Waals surface area (Å²) >= 11 is 1.23. The highest BCUT2D eigenvalue weighted by atomic mass is 32.2. The monoisotopic (exact) mass is 385 g/mol. The zero-order chi connectivity index (χ0) is 19.4. The van der Waals surface area contributed by atoms with Gasteiger partial charge in [0.1, 0.15) is 0 Å². The number of benzene rings is 2. The average molecular weight is 385 g/mol. The van der Waals surface area contributed by atoms with Gasteiger partial charge in [-0.3, -0.25) is 10.1 Å². The van der Waals surface area contributed by atoms with Crippen LogP contribution >= 0.6 is 11.8 Å². The first-order valence-corrected chi connectivity index (χ1v) is 9.14. The van der Waals surface area contributed by atoms with Gasteiger partial charge in [0, 0.05) is 11.6 Å². The number of carbonyl (C=O) groups is 1. The molecule has 1 atom stereocenters. The second-order valence-corrected chi connectivity index (χ2v) is 6.35. The minimum atomic E-state index is -0.804. The molecule has 0 spiro atoms. The lowest BCUT2D eigenvalue weighted by Crippen LogP contribution is -2.10. The SMILES string of the molecule is CSc1ccc(C(=O)O[C@@H](C)c2nnc(-c3ccccc3)o2)cc1[N+](=O)[O-]. The van der Waals surface area contributed by atoms with Crippen molar-refractivity contribution in [2.24, 2.45) is 0 Å². The Morgan fingerprint density at radius 3 is 2.63 bits per heavy atom. The maximum Gasteiger partial charge on any atom is 0.339 e. The maximum atomic E-state index is 12.3. The van der Waals surface area contributed by atoms with Gasteiger partial charge in [0.2, 0.25) is 5.89 Å². The lowest BCUT2D eigenvalue weighted by atomic mass is 10.2. The molecule has 2 aromatic carbocycles. The van der Waals surface area contributed by atoms with Crippen molar-refractivity contribution < 1.29 is 18.9 Å². The fourth-order valence-electron chi connectivity index (χ4n) is 2.33. The van der Waals surface area contributed by atoms with Gasteiger partial charge in [-0.15, -0.1) is 22.0 Å². The molecule has 0 bridgehead atoms. The van der Waals surface area contributed by atoms with Gasteiger partial charge in [-0.1, -0.05) is 18.2 Å². The van der Waals surface area contributed by atoms with E-state index < -0.39 is 17.0 Å². The zero-order valence-corrected chi connectivity index (χ0v) is 15.3. The molecule has 3 aromatic rings. The molecular formula is C18H15N3O5S. The van der Waals surface area contributed by atoms with E-state index in [-0.39, 0.29) is 17.1 Å². The molecule has 0 saturated heterocycles. The zero-order valence-electron chi connectivity index (χ0n) is 14.5. The number of ether oxygens (including phenoxy) is 1. The first-order chi connectivity index (χ1) is 13.0. The molecule has 0 unspecified atom stereocenters. The Hall–Kier alpha value is -3.20. The number of hydrogen-bond donors (Lipinski definition) is 0. The van der Waals surface area contributed by atoms with Crippen molar-refractivity contribution in [2.45, 2.75) is 17.9 Å². The van der Waals surface area contributed by atoms with Crippen molar-refractivity contribution in [3.8, 4) is 11.5 Å². The molecule has 3 rings (SSSR count). The van der Waals surface area contributed by atoms with Crippen molar-refractivity contribution in [1.29, 1.82) is 0 Å². The molecule has 8 nitrogen and oxygen atoms in total. The Morgan fingerprint density at radius 2 is 1.96 bits per heavy atom. The molecule has 27 heavy (non-hydrogen) atoms. The smallest absolute Gasteiger partial charge is 0.339 e. The fraction of sp³-hybridized carbons (Fsp3) is 0.167. The van der Waals surface area contributed by atoms with Crippen LogP contribution < -0.4 is 0 Å². The minimum Gasteiger partial charge on any atom is -0.449 e. The van der Waals surface area contributed by atoms with Gasteiger partial charge in [-0.25, -0.2) is 4.79 Å².